The third-order valence-corrected chi connectivity index (χ3v) is 7.25. The van der Waals surface area contributed by atoms with Gasteiger partial charge in [0.05, 0.1) is 41.5 Å². The molecule has 2 atom stereocenters. The van der Waals surface area contributed by atoms with Gasteiger partial charge < -0.3 is 4.98 Å². The average Bonchev–Trinajstić information content (AvgIpc) is 3.43. The summed E-state index contributed by atoms with van der Waals surface area (Å²) in [5, 5.41) is 20.0. The molecule has 4 rings (SSSR count). The van der Waals surface area contributed by atoms with Gasteiger partial charge in [0.25, 0.3) is 0 Å². The monoisotopic (exact) mass is 410 g/mol. The molecule has 1 aromatic carbocycles. The van der Waals surface area contributed by atoms with Crippen LogP contribution in [0.1, 0.15) is 22.6 Å². The van der Waals surface area contributed by atoms with Crippen molar-refractivity contribution in [2.75, 3.05) is 17.8 Å². The van der Waals surface area contributed by atoms with Crippen LogP contribution in [-0.4, -0.2) is 32.2 Å². The van der Waals surface area contributed by atoms with Crippen molar-refractivity contribution in [2.24, 2.45) is 5.92 Å². The highest BCUT2D eigenvalue weighted by atomic mass is 32.2. The number of aromatic amines is 1. The van der Waals surface area contributed by atoms with Crippen molar-refractivity contribution in [1.82, 2.24) is 14.9 Å². The Balaban J connectivity index is 1.49. The van der Waals surface area contributed by atoms with Gasteiger partial charge in [-0.1, -0.05) is 6.07 Å². The van der Waals surface area contributed by atoms with E-state index in [4.69, 9.17) is 5.26 Å². The van der Waals surface area contributed by atoms with Gasteiger partial charge in [-0.3, -0.25) is 9.62 Å². The molecule has 0 aliphatic carbocycles. The molecule has 28 heavy (non-hydrogen) atoms. The van der Waals surface area contributed by atoms with E-state index in [2.05, 4.69) is 31.7 Å². The summed E-state index contributed by atoms with van der Waals surface area (Å²) < 4.78 is 16.5. The fourth-order valence-corrected chi connectivity index (χ4v) is 5.49. The van der Waals surface area contributed by atoms with E-state index < -0.39 is 11.0 Å². The molecule has 2 aromatic heterocycles. The van der Waals surface area contributed by atoms with E-state index in [1.165, 1.54) is 11.3 Å². The quantitative estimate of drug-likeness (QED) is 0.671. The van der Waals surface area contributed by atoms with Gasteiger partial charge in [-0.25, -0.2) is 9.19 Å². The summed E-state index contributed by atoms with van der Waals surface area (Å²) in [5.41, 5.74) is 3.02. The zero-order valence-corrected chi connectivity index (χ0v) is 16.9. The maximum atomic E-state index is 12.8. The van der Waals surface area contributed by atoms with Crippen molar-refractivity contribution in [2.45, 2.75) is 24.1 Å². The number of nitriles is 2. The lowest BCUT2D eigenvalue weighted by Gasteiger charge is -2.11. The van der Waals surface area contributed by atoms with Crippen molar-refractivity contribution in [1.29, 1.82) is 10.5 Å². The summed E-state index contributed by atoms with van der Waals surface area (Å²) in [6.07, 6.45) is 4.20. The smallest absolute Gasteiger partial charge is 0.162 e. The molecule has 3 aromatic rings. The second-order valence-electron chi connectivity index (χ2n) is 6.79. The first-order valence-electron chi connectivity index (χ1n) is 8.85. The third kappa shape index (κ3) is 3.52. The summed E-state index contributed by atoms with van der Waals surface area (Å²) in [6.45, 7) is 4.28. The van der Waals surface area contributed by atoms with Gasteiger partial charge in [-0.05, 0) is 31.5 Å². The minimum Gasteiger partial charge on any atom is -0.358 e. The molecule has 0 saturated carbocycles. The Hall–Kier alpha value is -2.72. The number of hydrogen-bond acceptors (Lipinski definition) is 6. The molecule has 0 amide bonds. The molecule has 2 N–H and O–H groups in total. The van der Waals surface area contributed by atoms with Crippen molar-refractivity contribution >= 4 is 38.9 Å². The second-order valence-corrected chi connectivity index (χ2v) is 9.34. The Morgan fingerprint density at radius 2 is 2.32 bits per heavy atom. The summed E-state index contributed by atoms with van der Waals surface area (Å²) in [6, 6.07) is 8.27. The summed E-state index contributed by atoms with van der Waals surface area (Å²) in [7, 11) is -1.45. The molecular weight excluding hydrogens is 392 g/mol. The second kappa shape index (κ2) is 7.72. The molecule has 0 radical (unpaired) electrons. The van der Waals surface area contributed by atoms with E-state index in [0.29, 0.717) is 22.0 Å². The topological polar surface area (TPSA) is 109 Å². The van der Waals surface area contributed by atoms with Crippen LogP contribution in [-0.2, 0) is 17.5 Å². The number of hydrogen-bond donors (Lipinski definition) is 2. The van der Waals surface area contributed by atoms with Crippen molar-refractivity contribution < 1.29 is 4.21 Å². The highest BCUT2D eigenvalue weighted by molar-refractivity contribution is 7.88. The average molecular weight is 411 g/mol. The molecule has 1 aliphatic rings. The van der Waals surface area contributed by atoms with Crippen LogP contribution in [0.25, 0.3) is 10.9 Å². The molecule has 2 unspecified atom stereocenters. The van der Waals surface area contributed by atoms with Gasteiger partial charge >= 0.3 is 0 Å². The van der Waals surface area contributed by atoms with Crippen LogP contribution in [0.2, 0.25) is 0 Å². The van der Waals surface area contributed by atoms with Gasteiger partial charge in [-0.15, -0.1) is 11.3 Å². The number of aromatic nitrogens is 2. The summed E-state index contributed by atoms with van der Waals surface area (Å²) in [5.74, 6) is 0.0956. The number of thiazole rings is 1. The van der Waals surface area contributed by atoms with Crippen molar-refractivity contribution in [3.8, 4) is 12.1 Å². The zero-order chi connectivity index (χ0) is 19.7. The number of anilines is 1. The molecule has 142 valence electrons. The maximum absolute atomic E-state index is 12.8. The third-order valence-electron chi connectivity index (χ3n) is 4.90. The van der Waals surface area contributed by atoms with E-state index in [1.807, 2.05) is 19.1 Å². The number of rotatable bonds is 5. The minimum absolute atomic E-state index is 0.0956. The first-order chi connectivity index (χ1) is 13.6. The van der Waals surface area contributed by atoms with Crippen LogP contribution < -0.4 is 4.72 Å². The fourth-order valence-electron chi connectivity index (χ4n) is 3.47. The maximum Gasteiger partial charge on any atom is 0.162 e. The summed E-state index contributed by atoms with van der Waals surface area (Å²) >= 11 is 1.41. The standard InChI is InChI=1S/C19H18N6OS2/c1-12-2-3-15(19-18(12)14(7-21)8-23-19)24-28(26)17-9-22-16(27-17)11-25-5-4-13(6-20)10-25/h2-3,8-9,13,23-24H,4-5,10-11H2,1H3. The Labute approximate surface area is 169 Å². The van der Waals surface area contributed by atoms with Gasteiger partial charge in [-0.2, -0.15) is 10.5 Å². The van der Waals surface area contributed by atoms with E-state index in [-0.39, 0.29) is 5.92 Å². The number of H-pyrrole nitrogens is 1. The van der Waals surface area contributed by atoms with Crippen LogP contribution in [0.5, 0.6) is 0 Å². The van der Waals surface area contributed by atoms with E-state index in [9.17, 15) is 9.47 Å². The molecule has 3 heterocycles. The normalized spacial score (nSPS) is 18.0. The highest BCUT2D eigenvalue weighted by Gasteiger charge is 2.23. The predicted octanol–water partition coefficient (Wildman–Crippen LogP) is 3.28. The number of nitrogens with zero attached hydrogens (tertiary/aromatic N) is 4. The lowest BCUT2D eigenvalue weighted by atomic mass is 10.1. The fraction of sp³-hybridized carbons (Fsp3) is 0.316. The van der Waals surface area contributed by atoms with Gasteiger partial charge in [0.2, 0.25) is 0 Å². The van der Waals surface area contributed by atoms with Crippen molar-refractivity contribution in [3.63, 3.8) is 0 Å². The first-order valence-corrected chi connectivity index (χ1v) is 10.8. The largest absolute Gasteiger partial charge is 0.358 e. The van der Waals surface area contributed by atoms with E-state index >= 15 is 0 Å². The molecule has 1 saturated heterocycles. The Kier molecular flexibility index (Phi) is 5.14. The molecule has 1 aliphatic heterocycles. The van der Waals surface area contributed by atoms with Gasteiger partial charge in [0.1, 0.15) is 15.3 Å². The van der Waals surface area contributed by atoms with E-state index in [0.717, 1.165) is 41.0 Å². The first kappa shape index (κ1) is 18.6. The molecule has 7 nitrogen and oxygen atoms in total. The number of aryl methyl sites for hydroxylation is 1. The van der Waals surface area contributed by atoms with Crippen LogP contribution in [0.4, 0.5) is 5.69 Å². The van der Waals surface area contributed by atoms with Gasteiger partial charge in [0, 0.05) is 18.1 Å². The number of likely N-dealkylation sites (tertiary alicyclic amines) is 1. The zero-order valence-electron chi connectivity index (χ0n) is 15.2. The SMILES string of the molecule is Cc1ccc(NS(=O)c2cnc(CN3CCC(C#N)C3)s2)c2[nH]cc(C#N)c12. The Bertz CT molecular complexity index is 1140. The Morgan fingerprint density at radius 1 is 1.46 bits per heavy atom. The predicted molar refractivity (Wildman–Crippen MR) is 109 cm³/mol. The van der Waals surface area contributed by atoms with Crippen molar-refractivity contribution in [3.05, 3.63) is 40.7 Å². The molecule has 0 spiro atoms. The minimum atomic E-state index is -1.45. The molecule has 1 fully saturated rings. The Morgan fingerprint density at radius 3 is 3.07 bits per heavy atom. The molecular formula is C19H18N6OS2. The van der Waals surface area contributed by atoms with Gasteiger partial charge in [0.15, 0.2) is 11.0 Å². The number of fused-ring (bicyclic) bond motifs is 1. The number of nitrogens with one attached hydrogen (secondary N) is 2. The van der Waals surface area contributed by atoms with Crippen LogP contribution >= 0.6 is 11.3 Å². The highest BCUT2D eigenvalue weighted by Crippen LogP contribution is 2.30. The summed E-state index contributed by atoms with van der Waals surface area (Å²) in [4.78, 5) is 9.71. The lowest BCUT2D eigenvalue weighted by molar-refractivity contribution is 0.324. The van der Waals surface area contributed by atoms with Crippen LogP contribution in [0.3, 0.4) is 0 Å². The van der Waals surface area contributed by atoms with E-state index in [1.54, 1.807) is 12.4 Å². The molecule has 9 heteroatoms. The van der Waals surface area contributed by atoms with Crippen LogP contribution in [0.15, 0.2) is 28.7 Å². The molecule has 0 bridgehead atoms. The number of benzene rings is 1. The van der Waals surface area contributed by atoms with Crippen LogP contribution in [0, 0.1) is 35.5 Å². The lowest BCUT2D eigenvalue weighted by Crippen LogP contribution is -2.19.